The molecule has 0 aliphatic rings. The molecular weight excluding hydrogens is 242 g/mol. The molecular formula is C11H13NO6. The van der Waals surface area contributed by atoms with Crippen LogP contribution in [0.3, 0.4) is 0 Å². The molecule has 1 aromatic carbocycles. The number of amides is 1. The van der Waals surface area contributed by atoms with Crippen LogP contribution in [0, 0.1) is 0 Å². The normalized spacial score (nSPS) is 11.7. The molecule has 0 spiro atoms. The minimum Gasteiger partial charge on any atom is -0.504 e. The molecule has 1 atom stereocenters. The second kappa shape index (κ2) is 5.87. The number of nitrogens with one attached hydrogen (secondary N) is 1. The van der Waals surface area contributed by atoms with Crippen LogP contribution in [0.2, 0.25) is 0 Å². The van der Waals surface area contributed by atoms with Gasteiger partial charge in [0.1, 0.15) is 0 Å². The van der Waals surface area contributed by atoms with Crippen molar-refractivity contribution >= 4 is 11.9 Å². The molecule has 1 unspecified atom stereocenters. The standard InChI is InChI=1S/C11H13NO6/c1-18-11(17)9(15)5-12-10(16)6-2-3-7(13)8(14)4-6/h2-4,9,13-15H,5H2,1H3,(H,12,16). The fraction of sp³-hybridized carbons (Fsp3) is 0.273. The summed E-state index contributed by atoms with van der Waals surface area (Å²) < 4.78 is 4.27. The van der Waals surface area contributed by atoms with Gasteiger partial charge in [-0.3, -0.25) is 4.79 Å². The third-order valence-corrected chi connectivity index (χ3v) is 2.17. The Balaban J connectivity index is 2.60. The van der Waals surface area contributed by atoms with E-state index < -0.39 is 23.7 Å². The molecule has 0 radical (unpaired) electrons. The van der Waals surface area contributed by atoms with Gasteiger partial charge < -0.3 is 25.4 Å². The molecule has 0 saturated carbocycles. The Labute approximate surface area is 103 Å². The van der Waals surface area contributed by atoms with Gasteiger partial charge in [0.05, 0.1) is 13.7 Å². The zero-order valence-corrected chi connectivity index (χ0v) is 9.58. The molecule has 1 amide bonds. The summed E-state index contributed by atoms with van der Waals surface area (Å²) in [6.45, 7) is -0.312. The number of carbonyl (C=O) groups is 2. The van der Waals surface area contributed by atoms with Gasteiger partial charge in [-0.2, -0.15) is 0 Å². The number of esters is 1. The Morgan fingerprint density at radius 1 is 1.33 bits per heavy atom. The number of aliphatic hydroxyl groups excluding tert-OH is 1. The lowest BCUT2D eigenvalue weighted by Crippen LogP contribution is -2.37. The summed E-state index contributed by atoms with van der Waals surface area (Å²) in [5.41, 5.74) is 0.0855. The molecule has 98 valence electrons. The molecule has 0 aromatic heterocycles. The number of hydrogen-bond donors (Lipinski definition) is 4. The largest absolute Gasteiger partial charge is 0.504 e. The van der Waals surface area contributed by atoms with Crippen molar-refractivity contribution in [3.63, 3.8) is 0 Å². The smallest absolute Gasteiger partial charge is 0.336 e. The predicted molar refractivity (Wildman–Crippen MR) is 60.1 cm³/mol. The minimum absolute atomic E-state index is 0.0855. The minimum atomic E-state index is -1.45. The van der Waals surface area contributed by atoms with Crippen LogP contribution in [0.4, 0.5) is 0 Å². The summed E-state index contributed by atoms with van der Waals surface area (Å²) in [4.78, 5) is 22.4. The first-order valence-corrected chi connectivity index (χ1v) is 5.01. The van der Waals surface area contributed by atoms with Crippen LogP contribution in [0.1, 0.15) is 10.4 Å². The molecule has 0 aliphatic carbocycles. The van der Waals surface area contributed by atoms with Gasteiger partial charge in [-0.15, -0.1) is 0 Å². The Morgan fingerprint density at radius 2 is 2.00 bits per heavy atom. The second-order valence-corrected chi connectivity index (χ2v) is 3.45. The van der Waals surface area contributed by atoms with Crippen LogP contribution < -0.4 is 5.32 Å². The number of phenolic OH excluding ortho intramolecular Hbond substituents is 2. The van der Waals surface area contributed by atoms with Crippen LogP contribution in [-0.2, 0) is 9.53 Å². The lowest BCUT2D eigenvalue weighted by molar-refractivity contribution is -0.149. The quantitative estimate of drug-likeness (QED) is 0.420. The Kier molecular flexibility index (Phi) is 4.50. The van der Waals surface area contributed by atoms with E-state index in [1.807, 2.05) is 0 Å². The Hall–Kier alpha value is -2.28. The number of hydrogen-bond acceptors (Lipinski definition) is 6. The van der Waals surface area contributed by atoms with Crippen LogP contribution in [0.15, 0.2) is 18.2 Å². The van der Waals surface area contributed by atoms with Crippen molar-refractivity contribution < 1.29 is 29.6 Å². The molecule has 1 rings (SSSR count). The molecule has 7 nitrogen and oxygen atoms in total. The van der Waals surface area contributed by atoms with E-state index in [4.69, 9.17) is 5.11 Å². The summed E-state index contributed by atoms with van der Waals surface area (Å²) in [5, 5.41) is 29.8. The van der Waals surface area contributed by atoms with E-state index in [0.29, 0.717) is 0 Å². The van der Waals surface area contributed by atoms with E-state index in [1.54, 1.807) is 0 Å². The van der Waals surface area contributed by atoms with E-state index in [0.717, 1.165) is 19.2 Å². The fourth-order valence-electron chi connectivity index (χ4n) is 1.18. The maximum absolute atomic E-state index is 11.6. The van der Waals surface area contributed by atoms with Crippen molar-refractivity contribution in [1.29, 1.82) is 0 Å². The first-order chi connectivity index (χ1) is 8.45. The SMILES string of the molecule is COC(=O)C(O)CNC(=O)c1ccc(O)c(O)c1. The maximum atomic E-state index is 11.6. The van der Waals surface area contributed by atoms with E-state index in [1.165, 1.54) is 6.07 Å². The highest BCUT2D eigenvalue weighted by Gasteiger charge is 2.17. The molecule has 0 fully saturated rings. The van der Waals surface area contributed by atoms with E-state index in [2.05, 4.69) is 10.1 Å². The zero-order valence-electron chi connectivity index (χ0n) is 9.58. The Bertz CT molecular complexity index is 459. The number of aliphatic hydroxyl groups is 1. The lowest BCUT2D eigenvalue weighted by atomic mass is 10.2. The topological polar surface area (TPSA) is 116 Å². The number of methoxy groups -OCH3 is 1. The molecule has 7 heteroatoms. The molecule has 0 heterocycles. The number of rotatable bonds is 4. The first kappa shape index (κ1) is 13.8. The second-order valence-electron chi connectivity index (χ2n) is 3.45. The lowest BCUT2D eigenvalue weighted by Gasteiger charge is -2.10. The van der Waals surface area contributed by atoms with Gasteiger partial charge in [0.2, 0.25) is 0 Å². The summed E-state index contributed by atoms with van der Waals surface area (Å²) >= 11 is 0. The van der Waals surface area contributed by atoms with Gasteiger partial charge in [0.15, 0.2) is 17.6 Å². The zero-order chi connectivity index (χ0) is 13.7. The van der Waals surface area contributed by atoms with E-state index in [9.17, 15) is 19.8 Å². The molecule has 0 bridgehead atoms. The molecule has 0 aliphatic heterocycles. The third kappa shape index (κ3) is 3.36. The maximum Gasteiger partial charge on any atom is 0.336 e. The van der Waals surface area contributed by atoms with Gasteiger partial charge in [-0.05, 0) is 18.2 Å². The summed E-state index contributed by atoms with van der Waals surface area (Å²) in [6, 6.07) is 3.51. The number of aromatic hydroxyl groups is 2. The van der Waals surface area contributed by atoms with Gasteiger partial charge >= 0.3 is 5.97 Å². The molecule has 1 aromatic rings. The first-order valence-electron chi connectivity index (χ1n) is 5.01. The van der Waals surface area contributed by atoms with Gasteiger partial charge in [-0.1, -0.05) is 0 Å². The number of benzene rings is 1. The Morgan fingerprint density at radius 3 is 2.56 bits per heavy atom. The van der Waals surface area contributed by atoms with Crippen molar-refractivity contribution in [1.82, 2.24) is 5.32 Å². The average Bonchev–Trinajstić information content (AvgIpc) is 2.37. The van der Waals surface area contributed by atoms with Crippen molar-refractivity contribution in [2.75, 3.05) is 13.7 Å². The highest BCUT2D eigenvalue weighted by molar-refractivity contribution is 5.95. The van der Waals surface area contributed by atoms with E-state index in [-0.39, 0.29) is 17.9 Å². The van der Waals surface area contributed by atoms with Crippen LogP contribution in [0.25, 0.3) is 0 Å². The van der Waals surface area contributed by atoms with Gasteiger partial charge in [0, 0.05) is 5.56 Å². The summed E-state index contributed by atoms with van der Waals surface area (Å²) in [6.07, 6.45) is -1.45. The molecule has 0 saturated heterocycles. The van der Waals surface area contributed by atoms with Crippen molar-refractivity contribution in [3.8, 4) is 11.5 Å². The van der Waals surface area contributed by atoms with Crippen LogP contribution >= 0.6 is 0 Å². The summed E-state index contributed by atoms with van der Waals surface area (Å²) in [5.74, 6) is -2.24. The summed E-state index contributed by atoms with van der Waals surface area (Å²) in [7, 11) is 1.12. The van der Waals surface area contributed by atoms with Gasteiger partial charge in [0.25, 0.3) is 5.91 Å². The van der Waals surface area contributed by atoms with E-state index >= 15 is 0 Å². The third-order valence-electron chi connectivity index (χ3n) is 2.17. The average molecular weight is 255 g/mol. The van der Waals surface area contributed by atoms with Crippen molar-refractivity contribution in [3.05, 3.63) is 23.8 Å². The van der Waals surface area contributed by atoms with Crippen molar-refractivity contribution in [2.24, 2.45) is 0 Å². The van der Waals surface area contributed by atoms with Crippen molar-refractivity contribution in [2.45, 2.75) is 6.10 Å². The predicted octanol–water partition coefficient (Wildman–Crippen LogP) is -0.639. The van der Waals surface area contributed by atoms with Crippen LogP contribution in [-0.4, -0.2) is 47.0 Å². The number of carbonyl (C=O) groups excluding carboxylic acids is 2. The fourth-order valence-corrected chi connectivity index (χ4v) is 1.18. The number of ether oxygens (including phenoxy) is 1. The van der Waals surface area contributed by atoms with Gasteiger partial charge in [-0.25, -0.2) is 4.79 Å². The number of phenols is 2. The highest BCUT2D eigenvalue weighted by Crippen LogP contribution is 2.24. The monoisotopic (exact) mass is 255 g/mol. The van der Waals surface area contributed by atoms with Crippen LogP contribution in [0.5, 0.6) is 11.5 Å². The molecule has 4 N–H and O–H groups in total. The molecule has 18 heavy (non-hydrogen) atoms. The highest BCUT2D eigenvalue weighted by atomic mass is 16.5.